The van der Waals surface area contributed by atoms with Crippen molar-refractivity contribution in [2.24, 2.45) is 0 Å². The fourth-order valence-corrected chi connectivity index (χ4v) is 2.36. The Kier molecular flexibility index (Phi) is 6.71. The number of methoxy groups -OCH3 is 1. The summed E-state index contributed by atoms with van der Waals surface area (Å²) in [4.78, 5) is 11.4. The van der Waals surface area contributed by atoms with Gasteiger partial charge in [-0.15, -0.1) is 0 Å². The molecule has 2 N–H and O–H groups in total. The molecule has 5 nitrogen and oxygen atoms in total. The average molecular weight is 351 g/mol. The molecular weight excluding hydrogens is 332 g/mol. The van der Waals surface area contributed by atoms with E-state index in [0.717, 1.165) is 5.56 Å². The molecule has 2 aromatic rings. The zero-order valence-electron chi connectivity index (χ0n) is 13.6. The standard InChI is InChI=1S/C18H19F2NO4/c1-24-15-8-7-13(10-16(15)25-18(19)20)11-21-14(17(22)23)9-12-5-3-2-4-6-12/h2-8,10,14,18,21H,9,11H2,1H3,(H,22,23)/t14-/m1/s1. The van der Waals surface area contributed by atoms with E-state index in [1.165, 1.54) is 19.2 Å². The van der Waals surface area contributed by atoms with Crippen LogP contribution in [0.2, 0.25) is 0 Å². The molecule has 0 fully saturated rings. The SMILES string of the molecule is COc1ccc(CN[C@H](Cc2ccccc2)C(=O)O)cc1OC(F)F. The number of nitrogens with one attached hydrogen (secondary N) is 1. The molecule has 7 heteroatoms. The molecule has 0 bridgehead atoms. The Hall–Kier alpha value is -2.67. The molecule has 2 aromatic carbocycles. The van der Waals surface area contributed by atoms with E-state index in [1.807, 2.05) is 30.3 Å². The molecule has 0 heterocycles. The maximum Gasteiger partial charge on any atom is 0.387 e. The van der Waals surface area contributed by atoms with E-state index in [1.54, 1.807) is 6.07 Å². The number of hydrogen-bond donors (Lipinski definition) is 2. The highest BCUT2D eigenvalue weighted by atomic mass is 19.3. The molecule has 0 aliphatic carbocycles. The molecule has 25 heavy (non-hydrogen) atoms. The molecule has 2 rings (SSSR count). The summed E-state index contributed by atoms with van der Waals surface area (Å²) >= 11 is 0. The third-order valence-electron chi connectivity index (χ3n) is 3.58. The summed E-state index contributed by atoms with van der Waals surface area (Å²) < 4.78 is 34.3. The minimum absolute atomic E-state index is 0.0910. The number of ether oxygens (including phenoxy) is 2. The van der Waals surface area contributed by atoms with Crippen LogP contribution >= 0.6 is 0 Å². The van der Waals surface area contributed by atoms with Gasteiger partial charge < -0.3 is 19.9 Å². The van der Waals surface area contributed by atoms with Crippen LogP contribution in [-0.2, 0) is 17.8 Å². The Morgan fingerprint density at radius 1 is 1.12 bits per heavy atom. The van der Waals surface area contributed by atoms with Crippen molar-refractivity contribution in [3.05, 3.63) is 59.7 Å². The van der Waals surface area contributed by atoms with Crippen LogP contribution in [0.15, 0.2) is 48.5 Å². The first-order chi connectivity index (χ1) is 12.0. The summed E-state index contributed by atoms with van der Waals surface area (Å²) in [7, 11) is 1.35. The van der Waals surface area contributed by atoms with Crippen molar-refractivity contribution in [3.63, 3.8) is 0 Å². The highest BCUT2D eigenvalue weighted by Gasteiger charge is 2.18. The highest BCUT2D eigenvalue weighted by Crippen LogP contribution is 2.29. The smallest absolute Gasteiger partial charge is 0.387 e. The monoisotopic (exact) mass is 351 g/mol. The second-order valence-electron chi connectivity index (χ2n) is 5.33. The average Bonchev–Trinajstić information content (AvgIpc) is 2.59. The number of aliphatic carboxylic acids is 1. The number of carbonyl (C=O) groups is 1. The molecular formula is C18H19F2NO4. The lowest BCUT2D eigenvalue weighted by atomic mass is 10.1. The number of carboxylic acids is 1. The van der Waals surface area contributed by atoms with Gasteiger partial charge in [0, 0.05) is 6.54 Å². The van der Waals surface area contributed by atoms with Crippen LogP contribution in [0.5, 0.6) is 11.5 Å². The Morgan fingerprint density at radius 3 is 2.44 bits per heavy atom. The Bertz CT molecular complexity index is 695. The largest absolute Gasteiger partial charge is 0.493 e. The van der Waals surface area contributed by atoms with E-state index < -0.39 is 18.6 Å². The maximum atomic E-state index is 12.5. The number of halogens is 2. The van der Waals surface area contributed by atoms with E-state index >= 15 is 0 Å². The Morgan fingerprint density at radius 2 is 1.84 bits per heavy atom. The molecule has 1 atom stereocenters. The fraction of sp³-hybridized carbons (Fsp3) is 0.278. The van der Waals surface area contributed by atoms with Gasteiger partial charge in [0.05, 0.1) is 7.11 Å². The lowest BCUT2D eigenvalue weighted by Gasteiger charge is -2.16. The van der Waals surface area contributed by atoms with Gasteiger partial charge in [0.25, 0.3) is 0 Å². The van der Waals surface area contributed by atoms with Crippen molar-refractivity contribution < 1.29 is 28.2 Å². The van der Waals surface area contributed by atoms with Gasteiger partial charge in [-0.1, -0.05) is 36.4 Å². The van der Waals surface area contributed by atoms with Crippen molar-refractivity contribution >= 4 is 5.97 Å². The van der Waals surface area contributed by atoms with Gasteiger partial charge in [0.2, 0.25) is 0 Å². The normalized spacial score (nSPS) is 12.0. The van der Waals surface area contributed by atoms with E-state index in [-0.39, 0.29) is 18.0 Å². The summed E-state index contributed by atoms with van der Waals surface area (Å²) in [5, 5.41) is 12.3. The molecule has 0 aliphatic rings. The van der Waals surface area contributed by atoms with E-state index in [0.29, 0.717) is 12.0 Å². The van der Waals surface area contributed by atoms with Crippen LogP contribution in [0, 0.1) is 0 Å². The molecule has 0 aromatic heterocycles. The summed E-state index contributed by atoms with van der Waals surface area (Å²) in [5.74, 6) is -0.892. The second-order valence-corrected chi connectivity index (χ2v) is 5.33. The van der Waals surface area contributed by atoms with Crippen LogP contribution in [0.4, 0.5) is 8.78 Å². The van der Waals surface area contributed by atoms with Gasteiger partial charge in [-0.25, -0.2) is 0 Å². The van der Waals surface area contributed by atoms with Gasteiger partial charge in [-0.3, -0.25) is 4.79 Å². The second kappa shape index (κ2) is 8.98. The number of hydrogen-bond acceptors (Lipinski definition) is 4. The van der Waals surface area contributed by atoms with Crippen molar-refractivity contribution in [1.82, 2.24) is 5.32 Å². The van der Waals surface area contributed by atoms with Crippen molar-refractivity contribution in [2.75, 3.05) is 7.11 Å². The van der Waals surface area contributed by atoms with Crippen molar-refractivity contribution in [1.29, 1.82) is 0 Å². The van der Waals surface area contributed by atoms with Gasteiger partial charge in [-0.05, 0) is 29.7 Å². The van der Waals surface area contributed by atoms with E-state index in [2.05, 4.69) is 10.1 Å². The van der Waals surface area contributed by atoms with Crippen LogP contribution in [0.25, 0.3) is 0 Å². The lowest BCUT2D eigenvalue weighted by molar-refractivity contribution is -0.139. The molecule has 0 spiro atoms. The number of carboxylic acid groups (broad SMARTS) is 1. The van der Waals surface area contributed by atoms with Crippen LogP contribution < -0.4 is 14.8 Å². The molecule has 0 saturated carbocycles. The molecule has 134 valence electrons. The number of rotatable bonds is 9. The number of alkyl halides is 2. The molecule has 0 saturated heterocycles. The highest BCUT2D eigenvalue weighted by molar-refractivity contribution is 5.73. The predicted molar refractivity (Wildman–Crippen MR) is 88.0 cm³/mol. The van der Waals surface area contributed by atoms with Gasteiger partial charge in [0.15, 0.2) is 11.5 Å². The first kappa shape index (κ1) is 18.7. The fourth-order valence-electron chi connectivity index (χ4n) is 2.36. The zero-order valence-corrected chi connectivity index (χ0v) is 13.6. The van der Waals surface area contributed by atoms with Crippen LogP contribution in [-0.4, -0.2) is 30.8 Å². The van der Waals surface area contributed by atoms with E-state index in [9.17, 15) is 18.7 Å². The Labute approximate surface area is 144 Å². The molecule has 0 unspecified atom stereocenters. The van der Waals surface area contributed by atoms with Crippen LogP contribution in [0.1, 0.15) is 11.1 Å². The van der Waals surface area contributed by atoms with Gasteiger partial charge in [0.1, 0.15) is 6.04 Å². The summed E-state index contributed by atoms with van der Waals surface area (Å²) in [6.45, 7) is -2.78. The zero-order chi connectivity index (χ0) is 18.2. The maximum absolute atomic E-state index is 12.5. The quantitative estimate of drug-likeness (QED) is 0.727. The molecule has 0 aliphatic heterocycles. The van der Waals surface area contributed by atoms with E-state index in [4.69, 9.17) is 4.74 Å². The van der Waals surface area contributed by atoms with Gasteiger partial charge in [-0.2, -0.15) is 8.78 Å². The topological polar surface area (TPSA) is 67.8 Å². The lowest BCUT2D eigenvalue weighted by Crippen LogP contribution is -2.38. The third-order valence-corrected chi connectivity index (χ3v) is 3.58. The number of benzene rings is 2. The first-order valence-corrected chi connectivity index (χ1v) is 7.61. The Balaban J connectivity index is 2.05. The summed E-state index contributed by atoms with van der Waals surface area (Å²) in [6.07, 6.45) is 0.312. The predicted octanol–water partition coefficient (Wildman–Crippen LogP) is 3.08. The van der Waals surface area contributed by atoms with Gasteiger partial charge >= 0.3 is 12.6 Å². The third kappa shape index (κ3) is 5.72. The minimum Gasteiger partial charge on any atom is -0.493 e. The molecule has 0 radical (unpaired) electrons. The summed E-state index contributed by atoms with van der Waals surface area (Å²) in [5.41, 5.74) is 1.50. The first-order valence-electron chi connectivity index (χ1n) is 7.61. The minimum atomic E-state index is -2.97. The molecule has 0 amide bonds. The van der Waals surface area contributed by atoms with Crippen molar-refractivity contribution in [2.45, 2.75) is 25.6 Å². The van der Waals surface area contributed by atoms with Crippen LogP contribution in [0.3, 0.4) is 0 Å². The van der Waals surface area contributed by atoms with Crippen molar-refractivity contribution in [3.8, 4) is 11.5 Å². The summed E-state index contributed by atoms with van der Waals surface area (Å²) in [6, 6.07) is 13.0.